The fourth-order valence-electron chi connectivity index (χ4n) is 1.28. The zero-order valence-electron chi connectivity index (χ0n) is 8.51. The van der Waals surface area contributed by atoms with Gasteiger partial charge in [0.25, 0.3) is 0 Å². The zero-order valence-corrected chi connectivity index (χ0v) is 10.1. The van der Waals surface area contributed by atoms with E-state index in [1.165, 1.54) is 12.1 Å². The molecular formula is C10H11BrF3NO. The van der Waals surface area contributed by atoms with Crippen LogP contribution >= 0.6 is 15.9 Å². The van der Waals surface area contributed by atoms with Crippen LogP contribution in [0, 0.1) is 0 Å². The lowest BCUT2D eigenvalue weighted by atomic mass is 10.1. The normalized spacial score (nSPS) is 13.6. The van der Waals surface area contributed by atoms with Gasteiger partial charge in [0, 0.05) is 10.5 Å². The molecule has 1 atom stereocenters. The molecule has 1 rings (SSSR count). The monoisotopic (exact) mass is 297 g/mol. The summed E-state index contributed by atoms with van der Waals surface area (Å²) in [6.07, 6.45) is -4.36. The molecule has 0 radical (unpaired) electrons. The summed E-state index contributed by atoms with van der Waals surface area (Å²) in [6.45, 7) is 1.72. The third-order valence-electron chi connectivity index (χ3n) is 1.79. The summed E-state index contributed by atoms with van der Waals surface area (Å²) in [4.78, 5) is 0. The Hall–Kier alpha value is -0.750. The Balaban J connectivity index is 2.98. The van der Waals surface area contributed by atoms with Crippen LogP contribution in [0.15, 0.2) is 22.7 Å². The highest BCUT2D eigenvalue weighted by molar-refractivity contribution is 9.10. The summed E-state index contributed by atoms with van der Waals surface area (Å²) in [6, 6.07) is 4.11. The van der Waals surface area contributed by atoms with Gasteiger partial charge in [-0.25, -0.2) is 0 Å². The molecule has 2 nitrogen and oxygen atoms in total. The van der Waals surface area contributed by atoms with Crippen molar-refractivity contribution < 1.29 is 17.9 Å². The van der Waals surface area contributed by atoms with Gasteiger partial charge < -0.3 is 10.5 Å². The van der Waals surface area contributed by atoms with E-state index < -0.39 is 6.36 Å². The van der Waals surface area contributed by atoms with Gasteiger partial charge in [0.05, 0.1) is 0 Å². The van der Waals surface area contributed by atoms with E-state index in [9.17, 15) is 13.2 Å². The molecule has 0 aliphatic carbocycles. The molecule has 90 valence electrons. The second-order valence-electron chi connectivity index (χ2n) is 3.48. The standard InChI is InChI=1S/C10H11BrF3NO/c1-6(15)4-7-5-8(11)2-3-9(7)16-10(12,13)14/h2-3,5-6H,4,15H2,1H3. The van der Waals surface area contributed by atoms with Gasteiger partial charge in [-0.1, -0.05) is 15.9 Å². The number of nitrogens with two attached hydrogens (primary N) is 1. The lowest BCUT2D eigenvalue weighted by Gasteiger charge is -2.14. The Bertz CT molecular complexity index is 366. The molecule has 1 aromatic rings. The number of ether oxygens (including phenoxy) is 1. The Kier molecular flexibility index (Phi) is 4.21. The molecule has 1 unspecified atom stereocenters. The molecule has 6 heteroatoms. The third kappa shape index (κ3) is 4.40. The molecule has 0 bridgehead atoms. The van der Waals surface area contributed by atoms with E-state index in [1.54, 1.807) is 13.0 Å². The van der Waals surface area contributed by atoms with E-state index in [0.717, 1.165) is 0 Å². The van der Waals surface area contributed by atoms with E-state index in [2.05, 4.69) is 20.7 Å². The minimum atomic E-state index is -4.68. The number of alkyl halides is 3. The molecule has 0 saturated carbocycles. The van der Waals surface area contributed by atoms with E-state index >= 15 is 0 Å². The van der Waals surface area contributed by atoms with Crippen LogP contribution in [0.2, 0.25) is 0 Å². The van der Waals surface area contributed by atoms with Crippen LogP contribution in [0.5, 0.6) is 5.75 Å². The predicted octanol–water partition coefficient (Wildman–Crippen LogP) is 3.24. The lowest BCUT2D eigenvalue weighted by Crippen LogP contribution is -2.21. The number of halogens is 4. The van der Waals surface area contributed by atoms with Crippen LogP contribution in [0.25, 0.3) is 0 Å². The van der Waals surface area contributed by atoms with Crippen LogP contribution in [-0.4, -0.2) is 12.4 Å². The van der Waals surface area contributed by atoms with E-state index in [-0.39, 0.29) is 11.8 Å². The van der Waals surface area contributed by atoms with Crippen molar-refractivity contribution in [3.63, 3.8) is 0 Å². The summed E-state index contributed by atoms with van der Waals surface area (Å²) in [5.41, 5.74) is 5.99. The van der Waals surface area contributed by atoms with Crippen molar-refractivity contribution in [3.05, 3.63) is 28.2 Å². The van der Waals surface area contributed by atoms with Gasteiger partial charge in [0.15, 0.2) is 0 Å². The van der Waals surface area contributed by atoms with Crippen LogP contribution < -0.4 is 10.5 Å². The fraction of sp³-hybridized carbons (Fsp3) is 0.400. The fourth-order valence-corrected chi connectivity index (χ4v) is 1.69. The summed E-state index contributed by atoms with van der Waals surface area (Å²) in [7, 11) is 0. The van der Waals surface area contributed by atoms with Crippen LogP contribution in [0.3, 0.4) is 0 Å². The maximum Gasteiger partial charge on any atom is 0.573 e. The first-order chi connectivity index (χ1) is 7.28. The topological polar surface area (TPSA) is 35.2 Å². The number of hydrogen-bond acceptors (Lipinski definition) is 2. The van der Waals surface area contributed by atoms with Gasteiger partial charge in [0.2, 0.25) is 0 Å². The highest BCUT2D eigenvalue weighted by Crippen LogP contribution is 2.29. The maximum absolute atomic E-state index is 12.1. The molecule has 0 aliphatic heterocycles. The number of hydrogen-bond donors (Lipinski definition) is 1. The van der Waals surface area contributed by atoms with Crippen molar-refractivity contribution in [3.8, 4) is 5.75 Å². The second-order valence-corrected chi connectivity index (χ2v) is 4.40. The van der Waals surface area contributed by atoms with Crippen molar-refractivity contribution >= 4 is 15.9 Å². The van der Waals surface area contributed by atoms with E-state index in [4.69, 9.17) is 5.73 Å². The van der Waals surface area contributed by atoms with Crippen molar-refractivity contribution in [1.29, 1.82) is 0 Å². The predicted molar refractivity (Wildman–Crippen MR) is 58.2 cm³/mol. The maximum atomic E-state index is 12.1. The first-order valence-corrected chi connectivity index (χ1v) is 5.37. The molecule has 0 heterocycles. The van der Waals surface area contributed by atoms with Gasteiger partial charge in [-0.3, -0.25) is 0 Å². The first-order valence-electron chi connectivity index (χ1n) is 4.57. The Morgan fingerprint density at radius 2 is 2.06 bits per heavy atom. The van der Waals surface area contributed by atoms with E-state index in [1.807, 2.05) is 0 Å². The van der Waals surface area contributed by atoms with E-state index in [0.29, 0.717) is 16.5 Å². The molecule has 0 fully saturated rings. The third-order valence-corrected chi connectivity index (χ3v) is 2.28. The molecule has 0 aliphatic rings. The molecule has 16 heavy (non-hydrogen) atoms. The van der Waals surface area contributed by atoms with Crippen molar-refractivity contribution in [1.82, 2.24) is 0 Å². The van der Waals surface area contributed by atoms with Crippen molar-refractivity contribution in [2.24, 2.45) is 5.73 Å². The summed E-state index contributed by atoms with van der Waals surface area (Å²) in [5, 5.41) is 0. The highest BCUT2D eigenvalue weighted by Gasteiger charge is 2.32. The van der Waals surface area contributed by atoms with Crippen molar-refractivity contribution in [2.45, 2.75) is 25.7 Å². The lowest BCUT2D eigenvalue weighted by molar-refractivity contribution is -0.274. The average molecular weight is 298 g/mol. The van der Waals surface area contributed by atoms with Gasteiger partial charge in [-0.15, -0.1) is 13.2 Å². The van der Waals surface area contributed by atoms with Gasteiger partial charge in [-0.05, 0) is 37.1 Å². The molecule has 0 aromatic heterocycles. The number of benzene rings is 1. The van der Waals surface area contributed by atoms with Crippen LogP contribution in [-0.2, 0) is 6.42 Å². The Labute approximate surface area is 99.7 Å². The summed E-state index contributed by atoms with van der Waals surface area (Å²) >= 11 is 3.19. The quantitative estimate of drug-likeness (QED) is 0.929. The minimum Gasteiger partial charge on any atom is -0.406 e. The van der Waals surface area contributed by atoms with Crippen molar-refractivity contribution in [2.75, 3.05) is 0 Å². The molecular weight excluding hydrogens is 287 g/mol. The van der Waals surface area contributed by atoms with Gasteiger partial charge >= 0.3 is 6.36 Å². The smallest absolute Gasteiger partial charge is 0.406 e. The Morgan fingerprint density at radius 1 is 1.44 bits per heavy atom. The minimum absolute atomic E-state index is 0.201. The second kappa shape index (κ2) is 5.05. The number of rotatable bonds is 3. The average Bonchev–Trinajstić information content (AvgIpc) is 2.06. The first kappa shape index (κ1) is 13.3. The molecule has 0 spiro atoms. The SMILES string of the molecule is CC(N)Cc1cc(Br)ccc1OC(F)(F)F. The largest absolute Gasteiger partial charge is 0.573 e. The van der Waals surface area contributed by atoms with Crippen LogP contribution in [0.4, 0.5) is 13.2 Å². The zero-order chi connectivity index (χ0) is 12.3. The summed E-state index contributed by atoms with van der Waals surface area (Å²) in [5.74, 6) is -0.201. The molecule has 2 N–H and O–H groups in total. The Morgan fingerprint density at radius 3 is 2.56 bits per heavy atom. The molecule has 1 aromatic carbocycles. The molecule has 0 saturated heterocycles. The van der Waals surface area contributed by atoms with Gasteiger partial charge in [-0.2, -0.15) is 0 Å². The summed E-state index contributed by atoms with van der Waals surface area (Å²) < 4.78 is 40.9. The van der Waals surface area contributed by atoms with Gasteiger partial charge in [0.1, 0.15) is 5.75 Å². The van der Waals surface area contributed by atoms with Crippen LogP contribution in [0.1, 0.15) is 12.5 Å². The molecule has 0 amide bonds. The highest BCUT2D eigenvalue weighted by atomic mass is 79.9.